The summed E-state index contributed by atoms with van der Waals surface area (Å²) in [7, 11) is 1.74. The van der Waals surface area contributed by atoms with E-state index in [9.17, 15) is 4.79 Å². The normalized spacial score (nSPS) is 14.5. The summed E-state index contributed by atoms with van der Waals surface area (Å²) in [6.45, 7) is 1.84. The van der Waals surface area contributed by atoms with E-state index >= 15 is 0 Å². The van der Waals surface area contributed by atoms with Crippen molar-refractivity contribution in [3.63, 3.8) is 0 Å². The number of ether oxygens (including phenoxy) is 1. The van der Waals surface area contributed by atoms with E-state index in [-0.39, 0.29) is 5.91 Å². The van der Waals surface area contributed by atoms with Crippen LogP contribution in [0.3, 0.4) is 0 Å². The first kappa shape index (κ1) is 14.5. The largest absolute Gasteiger partial charge is 0.378 e. The van der Waals surface area contributed by atoms with Crippen molar-refractivity contribution >= 4 is 17.3 Å². The number of hydrogen-bond donors (Lipinski definition) is 1. The highest BCUT2D eigenvalue weighted by Crippen LogP contribution is 2.23. The summed E-state index contributed by atoms with van der Waals surface area (Å²) in [4.78, 5) is 18.2. The first-order valence-electron chi connectivity index (χ1n) is 7.31. The average Bonchev–Trinajstić information content (AvgIpc) is 2.49. The number of benzene rings is 1. The van der Waals surface area contributed by atoms with Gasteiger partial charge < -0.3 is 15.0 Å². The zero-order valence-corrected chi connectivity index (χ0v) is 12.5. The molecule has 1 saturated heterocycles. The van der Waals surface area contributed by atoms with E-state index in [1.807, 2.05) is 36.4 Å². The highest BCUT2D eigenvalue weighted by Gasteiger charge is 2.26. The third-order valence-electron chi connectivity index (χ3n) is 3.79. The predicted octanol–water partition coefficient (Wildman–Crippen LogP) is 2.10. The molecule has 1 fully saturated rings. The van der Waals surface area contributed by atoms with E-state index in [4.69, 9.17) is 4.74 Å². The molecular weight excluding hydrogens is 278 g/mol. The van der Waals surface area contributed by atoms with Crippen LogP contribution in [0.2, 0.25) is 0 Å². The lowest BCUT2D eigenvalue weighted by molar-refractivity contribution is -0.115. The Bertz CT molecular complexity index is 622. The van der Waals surface area contributed by atoms with Crippen LogP contribution >= 0.6 is 0 Å². The van der Waals surface area contributed by atoms with Crippen molar-refractivity contribution in [3.05, 3.63) is 54.4 Å². The van der Waals surface area contributed by atoms with E-state index in [0.29, 0.717) is 12.5 Å². The van der Waals surface area contributed by atoms with E-state index in [1.165, 1.54) is 0 Å². The van der Waals surface area contributed by atoms with Crippen molar-refractivity contribution in [2.45, 2.75) is 12.5 Å². The van der Waals surface area contributed by atoms with Crippen LogP contribution in [0.25, 0.3) is 0 Å². The average molecular weight is 297 g/mol. The molecule has 1 aromatic heterocycles. The summed E-state index contributed by atoms with van der Waals surface area (Å²) in [5.41, 5.74) is 2.86. The Kier molecular flexibility index (Phi) is 4.34. The van der Waals surface area contributed by atoms with Crippen LogP contribution in [-0.2, 0) is 16.0 Å². The molecule has 114 valence electrons. The van der Waals surface area contributed by atoms with Gasteiger partial charge in [-0.15, -0.1) is 0 Å². The van der Waals surface area contributed by atoms with Crippen molar-refractivity contribution in [2.24, 2.45) is 0 Å². The lowest BCUT2D eigenvalue weighted by Crippen LogP contribution is -2.51. The molecule has 5 heteroatoms. The third kappa shape index (κ3) is 3.43. The molecule has 1 aliphatic heterocycles. The first-order chi connectivity index (χ1) is 10.7. The fraction of sp³-hybridized carbons (Fsp3) is 0.294. The number of nitrogens with one attached hydrogen (secondary N) is 1. The summed E-state index contributed by atoms with van der Waals surface area (Å²) in [5.74, 6) is -0.0378. The van der Waals surface area contributed by atoms with Crippen molar-refractivity contribution in [1.82, 2.24) is 4.98 Å². The molecule has 1 N–H and O–H groups in total. The minimum Gasteiger partial charge on any atom is -0.378 e. The van der Waals surface area contributed by atoms with Gasteiger partial charge in [-0.3, -0.25) is 9.78 Å². The third-order valence-corrected chi connectivity index (χ3v) is 3.79. The van der Waals surface area contributed by atoms with Crippen LogP contribution < -0.4 is 10.2 Å². The molecule has 0 unspecified atom stereocenters. The van der Waals surface area contributed by atoms with Crippen molar-refractivity contribution in [2.75, 3.05) is 30.4 Å². The van der Waals surface area contributed by atoms with Crippen LogP contribution in [0.5, 0.6) is 0 Å². The molecule has 2 heterocycles. The van der Waals surface area contributed by atoms with Gasteiger partial charge in [-0.05, 0) is 35.9 Å². The molecule has 0 saturated carbocycles. The minimum absolute atomic E-state index is 0.0378. The maximum Gasteiger partial charge on any atom is 0.228 e. The van der Waals surface area contributed by atoms with Crippen LogP contribution in [-0.4, -0.2) is 37.2 Å². The number of amides is 1. The summed E-state index contributed by atoms with van der Waals surface area (Å²) >= 11 is 0. The highest BCUT2D eigenvalue weighted by atomic mass is 16.5. The lowest BCUT2D eigenvalue weighted by Gasteiger charge is -2.40. The van der Waals surface area contributed by atoms with Gasteiger partial charge in [0.2, 0.25) is 5.91 Å². The fourth-order valence-corrected chi connectivity index (χ4v) is 2.45. The van der Waals surface area contributed by atoms with Crippen molar-refractivity contribution in [1.29, 1.82) is 0 Å². The Hall–Kier alpha value is -2.40. The van der Waals surface area contributed by atoms with E-state index < -0.39 is 0 Å². The zero-order valence-electron chi connectivity index (χ0n) is 12.5. The number of anilines is 2. The van der Waals surface area contributed by atoms with Gasteiger partial charge in [0, 0.05) is 44.0 Å². The van der Waals surface area contributed by atoms with Gasteiger partial charge in [-0.1, -0.05) is 6.07 Å². The standard InChI is InChI=1S/C17H19N3O2/c1-22-16-11-20(12-16)15-6-4-14(5-7-15)19-17(21)9-13-3-2-8-18-10-13/h2-8,10,16H,9,11-12H2,1H3,(H,19,21). The summed E-state index contributed by atoms with van der Waals surface area (Å²) in [6.07, 6.45) is 4.07. The molecule has 2 aromatic rings. The predicted molar refractivity (Wildman–Crippen MR) is 86.0 cm³/mol. The van der Waals surface area contributed by atoms with Crippen molar-refractivity contribution in [3.8, 4) is 0 Å². The first-order valence-corrected chi connectivity index (χ1v) is 7.31. The Balaban J connectivity index is 1.54. The Morgan fingerprint density at radius 1 is 1.32 bits per heavy atom. The van der Waals surface area contributed by atoms with Gasteiger partial charge in [0.15, 0.2) is 0 Å². The quantitative estimate of drug-likeness (QED) is 0.918. The molecule has 5 nitrogen and oxygen atoms in total. The molecule has 0 radical (unpaired) electrons. The highest BCUT2D eigenvalue weighted by molar-refractivity contribution is 5.92. The van der Waals surface area contributed by atoms with Crippen LogP contribution in [0.1, 0.15) is 5.56 Å². The number of pyridine rings is 1. The maximum atomic E-state index is 12.0. The van der Waals surface area contributed by atoms with Crippen LogP contribution in [0.15, 0.2) is 48.8 Å². The zero-order chi connectivity index (χ0) is 15.4. The molecule has 1 aliphatic rings. The number of carbonyl (C=O) groups is 1. The summed E-state index contributed by atoms with van der Waals surface area (Å²) in [5, 5.41) is 2.90. The van der Waals surface area contributed by atoms with E-state index in [2.05, 4.69) is 15.2 Å². The van der Waals surface area contributed by atoms with Gasteiger partial charge in [-0.25, -0.2) is 0 Å². The SMILES string of the molecule is COC1CN(c2ccc(NC(=O)Cc3cccnc3)cc2)C1. The number of carbonyl (C=O) groups excluding carboxylic acids is 1. The summed E-state index contributed by atoms with van der Waals surface area (Å²) in [6, 6.07) is 11.6. The second-order valence-corrected chi connectivity index (χ2v) is 5.40. The molecule has 0 atom stereocenters. The lowest BCUT2D eigenvalue weighted by atomic mass is 10.1. The maximum absolute atomic E-state index is 12.0. The Morgan fingerprint density at radius 3 is 2.73 bits per heavy atom. The van der Waals surface area contributed by atoms with Gasteiger partial charge in [0.05, 0.1) is 12.5 Å². The molecular formula is C17H19N3O2. The second kappa shape index (κ2) is 6.58. The van der Waals surface area contributed by atoms with E-state index in [0.717, 1.165) is 30.0 Å². The summed E-state index contributed by atoms with van der Waals surface area (Å²) < 4.78 is 5.27. The Morgan fingerprint density at radius 2 is 2.09 bits per heavy atom. The van der Waals surface area contributed by atoms with Gasteiger partial charge in [0.1, 0.15) is 0 Å². The van der Waals surface area contributed by atoms with Gasteiger partial charge in [0.25, 0.3) is 0 Å². The molecule has 0 bridgehead atoms. The molecule has 1 amide bonds. The van der Waals surface area contributed by atoms with Crippen molar-refractivity contribution < 1.29 is 9.53 Å². The monoisotopic (exact) mass is 297 g/mol. The number of hydrogen-bond acceptors (Lipinski definition) is 4. The molecule has 22 heavy (non-hydrogen) atoms. The number of methoxy groups -OCH3 is 1. The topological polar surface area (TPSA) is 54.5 Å². The van der Waals surface area contributed by atoms with Crippen LogP contribution in [0.4, 0.5) is 11.4 Å². The fourth-order valence-electron chi connectivity index (χ4n) is 2.45. The second-order valence-electron chi connectivity index (χ2n) is 5.40. The molecule has 3 rings (SSSR count). The minimum atomic E-state index is -0.0378. The number of aromatic nitrogens is 1. The molecule has 0 aliphatic carbocycles. The van der Waals surface area contributed by atoms with E-state index in [1.54, 1.807) is 19.5 Å². The Labute approximate surface area is 129 Å². The number of nitrogens with zero attached hydrogens (tertiary/aromatic N) is 2. The molecule has 1 aromatic carbocycles. The van der Waals surface area contributed by atoms with Crippen LogP contribution in [0, 0.1) is 0 Å². The van der Waals surface area contributed by atoms with Gasteiger partial charge in [-0.2, -0.15) is 0 Å². The molecule has 0 spiro atoms. The van der Waals surface area contributed by atoms with Gasteiger partial charge >= 0.3 is 0 Å². The number of rotatable bonds is 5. The smallest absolute Gasteiger partial charge is 0.228 e.